The van der Waals surface area contributed by atoms with Crippen LogP contribution in [0.5, 0.6) is 0 Å². The van der Waals surface area contributed by atoms with E-state index in [2.05, 4.69) is 20.8 Å². The Labute approximate surface area is 152 Å². The third-order valence-corrected chi connectivity index (χ3v) is 10.0. The van der Waals surface area contributed by atoms with Crippen molar-refractivity contribution in [1.82, 2.24) is 0 Å². The predicted molar refractivity (Wildman–Crippen MR) is 97.0 cm³/mol. The third kappa shape index (κ3) is 2.15. The summed E-state index contributed by atoms with van der Waals surface area (Å²) in [7, 11) is 0. The van der Waals surface area contributed by atoms with Gasteiger partial charge in [-0.2, -0.15) is 0 Å². The predicted octanol–water partition coefficient (Wildman–Crippen LogP) is 4.52. The first kappa shape index (κ1) is 17.0. The SMILES string of the molecule is C[C@]12CCC3(C[C@H]1CC[C@H]1[C@H]4CC[C@@](C)(O)[C@@]4(C)CC[C@@H]12)OCCO3. The number of fused-ring (bicyclic) bond motifs is 5. The van der Waals surface area contributed by atoms with Crippen LogP contribution in [0.25, 0.3) is 0 Å². The Morgan fingerprint density at radius 2 is 1.52 bits per heavy atom. The molecular formula is C22H36O3. The van der Waals surface area contributed by atoms with Gasteiger partial charge >= 0.3 is 0 Å². The molecule has 0 amide bonds. The van der Waals surface area contributed by atoms with Crippen molar-refractivity contribution in [1.29, 1.82) is 0 Å². The molecule has 1 saturated heterocycles. The van der Waals surface area contributed by atoms with Crippen molar-refractivity contribution in [2.45, 2.75) is 89.9 Å². The van der Waals surface area contributed by atoms with Gasteiger partial charge in [0.2, 0.25) is 0 Å². The third-order valence-electron chi connectivity index (χ3n) is 10.0. The first-order valence-corrected chi connectivity index (χ1v) is 10.8. The summed E-state index contributed by atoms with van der Waals surface area (Å²) >= 11 is 0. The van der Waals surface area contributed by atoms with Gasteiger partial charge in [-0.25, -0.2) is 0 Å². The minimum atomic E-state index is -0.456. The van der Waals surface area contributed by atoms with Gasteiger partial charge in [0, 0.05) is 12.8 Å². The zero-order chi connectivity index (χ0) is 17.5. The Balaban J connectivity index is 1.41. The highest BCUT2D eigenvalue weighted by Crippen LogP contribution is 2.69. The maximum Gasteiger partial charge on any atom is 0.168 e. The van der Waals surface area contributed by atoms with Gasteiger partial charge in [0.1, 0.15) is 0 Å². The summed E-state index contributed by atoms with van der Waals surface area (Å²) in [5.74, 6) is 2.92. The van der Waals surface area contributed by atoms with E-state index in [0.29, 0.717) is 5.41 Å². The van der Waals surface area contributed by atoms with E-state index >= 15 is 0 Å². The molecule has 0 radical (unpaired) electrons. The van der Waals surface area contributed by atoms with E-state index in [1.807, 2.05) is 0 Å². The number of rotatable bonds is 0. The molecule has 25 heavy (non-hydrogen) atoms. The van der Waals surface area contributed by atoms with Crippen LogP contribution < -0.4 is 0 Å². The van der Waals surface area contributed by atoms with Gasteiger partial charge in [-0.05, 0) is 86.4 Å². The smallest absolute Gasteiger partial charge is 0.168 e. The van der Waals surface area contributed by atoms with Crippen molar-refractivity contribution in [3.05, 3.63) is 0 Å². The zero-order valence-electron chi connectivity index (χ0n) is 16.4. The van der Waals surface area contributed by atoms with E-state index in [0.717, 1.165) is 56.1 Å². The molecule has 0 bridgehead atoms. The molecule has 5 aliphatic rings. The Bertz CT molecular complexity index is 551. The van der Waals surface area contributed by atoms with Crippen LogP contribution in [0.15, 0.2) is 0 Å². The Hall–Kier alpha value is -0.120. The number of hydrogen-bond acceptors (Lipinski definition) is 3. The molecule has 3 heteroatoms. The molecule has 0 unspecified atom stereocenters. The summed E-state index contributed by atoms with van der Waals surface area (Å²) in [5.41, 5.74) is 0.146. The fraction of sp³-hybridized carbons (Fsp3) is 1.00. The van der Waals surface area contributed by atoms with E-state index in [1.165, 1.54) is 38.5 Å². The van der Waals surface area contributed by atoms with Crippen LogP contribution in [0.3, 0.4) is 0 Å². The molecule has 5 fully saturated rings. The molecule has 1 N–H and O–H groups in total. The minimum absolute atomic E-state index is 0.144. The molecule has 0 aromatic carbocycles. The molecule has 3 nitrogen and oxygen atoms in total. The normalized spacial score (nSPS) is 57.1. The number of aliphatic hydroxyl groups is 1. The average Bonchev–Trinajstić information content (AvgIpc) is 3.11. The quantitative estimate of drug-likeness (QED) is 0.699. The lowest BCUT2D eigenvalue weighted by molar-refractivity contribution is -0.232. The zero-order valence-corrected chi connectivity index (χ0v) is 16.4. The first-order chi connectivity index (χ1) is 11.8. The monoisotopic (exact) mass is 348 g/mol. The van der Waals surface area contributed by atoms with Crippen LogP contribution in [0.2, 0.25) is 0 Å². The minimum Gasteiger partial charge on any atom is -0.390 e. The summed E-state index contributed by atoms with van der Waals surface area (Å²) < 4.78 is 12.1. The Morgan fingerprint density at radius 1 is 0.800 bits per heavy atom. The van der Waals surface area contributed by atoms with Crippen molar-refractivity contribution in [2.75, 3.05) is 13.2 Å². The molecule has 0 aromatic heterocycles. The van der Waals surface area contributed by atoms with Crippen molar-refractivity contribution < 1.29 is 14.6 Å². The maximum atomic E-state index is 11.0. The average molecular weight is 349 g/mol. The topological polar surface area (TPSA) is 38.7 Å². The van der Waals surface area contributed by atoms with E-state index in [-0.39, 0.29) is 11.2 Å². The highest BCUT2D eigenvalue weighted by atomic mass is 16.7. The van der Waals surface area contributed by atoms with Crippen LogP contribution in [0, 0.1) is 34.5 Å². The summed E-state index contributed by atoms with van der Waals surface area (Å²) in [6.45, 7) is 8.66. The molecule has 1 aliphatic heterocycles. The van der Waals surface area contributed by atoms with E-state index in [9.17, 15) is 5.11 Å². The van der Waals surface area contributed by atoms with Crippen LogP contribution in [0.4, 0.5) is 0 Å². The molecule has 7 atom stereocenters. The van der Waals surface area contributed by atoms with Gasteiger partial charge in [-0.1, -0.05) is 13.8 Å². The molecule has 1 heterocycles. The van der Waals surface area contributed by atoms with Gasteiger partial charge in [0.25, 0.3) is 0 Å². The second-order valence-electron chi connectivity index (χ2n) is 10.7. The van der Waals surface area contributed by atoms with Crippen molar-refractivity contribution in [3.63, 3.8) is 0 Å². The summed E-state index contributed by atoms with van der Waals surface area (Å²) in [6.07, 6.45) is 10.9. The maximum absolute atomic E-state index is 11.0. The largest absolute Gasteiger partial charge is 0.390 e. The van der Waals surface area contributed by atoms with Gasteiger partial charge in [-0.3, -0.25) is 0 Å². The lowest BCUT2D eigenvalue weighted by atomic mass is 9.44. The lowest BCUT2D eigenvalue weighted by Gasteiger charge is -2.62. The van der Waals surface area contributed by atoms with Crippen LogP contribution in [0.1, 0.15) is 78.6 Å². The van der Waals surface area contributed by atoms with E-state index in [1.54, 1.807) is 0 Å². The Kier molecular flexibility index (Phi) is 3.56. The highest BCUT2D eigenvalue weighted by Gasteiger charge is 2.64. The number of hydrogen-bond donors (Lipinski definition) is 1. The molecule has 142 valence electrons. The van der Waals surface area contributed by atoms with Crippen LogP contribution in [-0.2, 0) is 9.47 Å². The second-order valence-corrected chi connectivity index (χ2v) is 10.7. The lowest BCUT2D eigenvalue weighted by Crippen LogP contribution is -2.57. The Morgan fingerprint density at radius 3 is 2.28 bits per heavy atom. The van der Waals surface area contributed by atoms with Crippen molar-refractivity contribution in [2.24, 2.45) is 34.5 Å². The molecule has 4 saturated carbocycles. The van der Waals surface area contributed by atoms with E-state index < -0.39 is 5.60 Å². The van der Waals surface area contributed by atoms with Crippen molar-refractivity contribution in [3.8, 4) is 0 Å². The fourth-order valence-electron chi connectivity index (χ4n) is 8.20. The summed E-state index contributed by atoms with van der Waals surface area (Å²) in [6, 6.07) is 0. The van der Waals surface area contributed by atoms with Crippen LogP contribution in [-0.4, -0.2) is 29.7 Å². The van der Waals surface area contributed by atoms with Gasteiger partial charge in [-0.15, -0.1) is 0 Å². The second kappa shape index (κ2) is 5.23. The molecule has 1 spiro atoms. The fourth-order valence-corrected chi connectivity index (χ4v) is 8.20. The molecule has 0 aromatic rings. The van der Waals surface area contributed by atoms with Gasteiger partial charge < -0.3 is 14.6 Å². The summed E-state index contributed by atoms with van der Waals surface area (Å²) in [4.78, 5) is 0. The van der Waals surface area contributed by atoms with E-state index in [4.69, 9.17) is 9.47 Å². The highest BCUT2D eigenvalue weighted by molar-refractivity contribution is 5.13. The molecule has 4 aliphatic carbocycles. The van der Waals surface area contributed by atoms with Gasteiger partial charge in [0.05, 0.1) is 18.8 Å². The summed E-state index contributed by atoms with van der Waals surface area (Å²) in [5, 5.41) is 11.0. The number of ether oxygens (including phenoxy) is 2. The molecular weight excluding hydrogens is 312 g/mol. The standard InChI is InChI=1S/C22H36O3/c1-19-10-11-22(24-12-13-25-22)14-15(19)4-5-16-17(19)6-8-20(2)18(16)7-9-21(20,3)23/h15-18,23H,4-14H2,1-3H3/t15-,16-,17+,18-,19+,20+,21-/m1/s1. The van der Waals surface area contributed by atoms with Crippen LogP contribution >= 0.6 is 0 Å². The first-order valence-electron chi connectivity index (χ1n) is 10.8. The van der Waals surface area contributed by atoms with Crippen molar-refractivity contribution >= 4 is 0 Å². The van der Waals surface area contributed by atoms with Gasteiger partial charge in [0.15, 0.2) is 5.79 Å². The molecule has 5 rings (SSSR count).